The number of ether oxygens (including phenoxy) is 1. The fraction of sp³-hybridized carbons (Fsp3) is 0.391. The third kappa shape index (κ3) is 4.91. The summed E-state index contributed by atoms with van der Waals surface area (Å²) in [5.74, 6) is 1.61. The number of imidazole rings is 1. The van der Waals surface area contributed by atoms with Gasteiger partial charge in [0.05, 0.1) is 38.9 Å². The van der Waals surface area contributed by atoms with Crippen molar-refractivity contribution in [1.29, 1.82) is 0 Å². The van der Waals surface area contributed by atoms with Crippen LogP contribution in [0.4, 0.5) is 11.6 Å². The minimum absolute atomic E-state index is 0.128. The van der Waals surface area contributed by atoms with Gasteiger partial charge in [0.2, 0.25) is 5.95 Å². The quantitative estimate of drug-likeness (QED) is 0.401. The van der Waals surface area contributed by atoms with E-state index in [4.69, 9.17) is 27.9 Å². The number of halogens is 2. The van der Waals surface area contributed by atoms with Gasteiger partial charge in [-0.2, -0.15) is 0 Å². The summed E-state index contributed by atoms with van der Waals surface area (Å²) >= 11 is 12.5. The van der Waals surface area contributed by atoms with E-state index in [2.05, 4.69) is 27.5 Å². The molecule has 0 saturated heterocycles. The van der Waals surface area contributed by atoms with Crippen LogP contribution in [0.15, 0.2) is 30.3 Å². The summed E-state index contributed by atoms with van der Waals surface area (Å²) in [6.45, 7) is 4.62. The van der Waals surface area contributed by atoms with E-state index in [0.717, 1.165) is 37.1 Å². The number of aromatic amines is 1. The second-order valence-corrected chi connectivity index (χ2v) is 8.85. The van der Waals surface area contributed by atoms with Gasteiger partial charge in [0.15, 0.2) is 0 Å². The average molecular weight is 461 g/mol. The molecule has 1 saturated carbocycles. The third-order valence-corrected chi connectivity index (χ3v) is 6.31. The molecule has 8 heteroatoms. The van der Waals surface area contributed by atoms with E-state index in [9.17, 15) is 4.79 Å². The average Bonchev–Trinajstić information content (AvgIpc) is 3.13. The van der Waals surface area contributed by atoms with Crippen LogP contribution in [-0.4, -0.2) is 28.5 Å². The predicted molar refractivity (Wildman–Crippen MR) is 126 cm³/mol. The molecule has 0 unspecified atom stereocenters. The Morgan fingerprint density at radius 2 is 1.90 bits per heavy atom. The van der Waals surface area contributed by atoms with Crippen molar-refractivity contribution in [3.8, 4) is 5.75 Å². The Kier molecular flexibility index (Phi) is 6.58. The van der Waals surface area contributed by atoms with E-state index < -0.39 is 0 Å². The van der Waals surface area contributed by atoms with Crippen LogP contribution < -0.4 is 15.4 Å². The summed E-state index contributed by atoms with van der Waals surface area (Å²) in [7, 11) is 0. The highest BCUT2D eigenvalue weighted by Crippen LogP contribution is 2.33. The minimum atomic E-state index is -0.128. The minimum Gasteiger partial charge on any atom is -0.493 e. The highest BCUT2D eigenvalue weighted by Gasteiger charge is 2.23. The number of carbonyl (C=O) groups excluding carboxylic acids is 1. The van der Waals surface area contributed by atoms with Crippen molar-refractivity contribution in [3.63, 3.8) is 0 Å². The zero-order chi connectivity index (χ0) is 22.0. The normalized spacial score (nSPS) is 18.7. The van der Waals surface area contributed by atoms with Crippen LogP contribution in [-0.2, 0) is 0 Å². The molecule has 1 heterocycles. The number of fused-ring (bicyclic) bond motifs is 1. The summed E-state index contributed by atoms with van der Waals surface area (Å²) in [5, 5.41) is 7.28. The number of aromatic nitrogens is 2. The first-order valence-electron chi connectivity index (χ1n) is 10.6. The first-order valence-corrected chi connectivity index (χ1v) is 11.4. The number of para-hydroxylation sites is 1. The molecule has 2 aromatic carbocycles. The first-order chi connectivity index (χ1) is 14.9. The summed E-state index contributed by atoms with van der Waals surface area (Å²) in [6.07, 6.45) is 4.30. The molecule has 0 aliphatic heterocycles. The molecule has 0 bridgehead atoms. The number of nitrogens with zero attached hydrogens (tertiary/aromatic N) is 1. The standard InChI is InChI=1S/C23H26Cl2N4O2/c1-3-31-20-12-19-18(11-15(20)22(30)26-14-9-7-13(2)8-10-14)27-23(28-19)29-21-16(24)5-4-6-17(21)25/h4-6,11-14H,3,7-10H2,1-2H3,(H,26,30)(H2,27,28,29)/t13-,14-. The van der Waals surface area contributed by atoms with Crippen LogP contribution in [0.2, 0.25) is 10.0 Å². The molecular weight excluding hydrogens is 435 g/mol. The smallest absolute Gasteiger partial charge is 0.255 e. The number of benzene rings is 2. The molecule has 1 aromatic heterocycles. The van der Waals surface area contributed by atoms with Gasteiger partial charge in [-0.05, 0) is 56.7 Å². The number of rotatable bonds is 6. The van der Waals surface area contributed by atoms with Crippen molar-refractivity contribution in [3.05, 3.63) is 45.9 Å². The third-order valence-electron chi connectivity index (χ3n) is 5.68. The fourth-order valence-corrected chi connectivity index (χ4v) is 4.44. The van der Waals surface area contributed by atoms with E-state index in [-0.39, 0.29) is 11.9 Å². The molecule has 4 rings (SSSR count). The van der Waals surface area contributed by atoms with E-state index in [1.54, 1.807) is 24.3 Å². The molecule has 31 heavy (non-hydrogen) atoms. The maximum atomic E-state index is 13.0. The van der Waals surface area contributed by atoms with Gasteiger partial charge in [-0.1, -0.05) is 36.2 Å². The molecule has 1 fully saturated rings. The lowest BCUT2D eigenvalue weighted by molar-refractivity contribution is 0.0919. The van der Waals surface area contributed by atoms with E-state index >= 15 is 0 Å². The summed E-state index contributed by atoms with van der Waals surface area (Å²) in [6, 6.07) is 9.05. The second-order valence-electron chi connectivity index (χ2n) is 8.04. The van der Waals surface area contributed by atoms with E-state index in [1.807, 2.05) is 13.0 Å². The van der Waals surface area contributed by atoms with Crippen LogP contribution >= 0.6 is 23.2 Å². The van der Waals surface area contributed by atoms with Gasteiger partial charge in [-0.3, -0.25) is 4.79 Å². The molecule has 3 N–H and O–H groups in total. The Hall–Kier alpha value is -2.44. The van der Waals surface area contributed by atoms with Gasteiger partial charge < -0.3 is 20.4 Å². The van der Waals surface area contributed by atoms with Crippen molar-refractivity contribution >= 4 is 51.8 Å². The Labute approximate surface area is 191 Å². The van der Waals surface area contributed by atoms with Crippen LogP contribution in [0.25, 0.3) is 11.0 Å². The van der Waals surface area contributed by atoms with Gasteiger partial charge in [0.25, 0.3) is 5.91 Å². The largest absolute Gasteiger partial charge is 0.493 e. The highest BCUT2D eigenvalue weighted by atomic mass is 35.5. The maximum absolute atomic E-state index is 13.0. The van der Waals surface area contributed by atoms with Crippen molar-refractivity contribution in [2.45, 2.75) is 45.6 Å². The molecule has 0 radical (unpaired) electrons. The number of hydrogen-bond donors (Lipinski definition) is 3. The predicted octanol–water partition coefficient (Wildman–Crippen LogP) is 6.32. The number of amides is 1. The molecule has 1 aliphatic carbocycles. The molecule has 1 aliphatic rings. The number of anilines is 2. The number of H-pyrrole nitrogens is 1. The molecule has 6 nitrogen and oxygen atoms in total. The van der Waals surface area contributed by atoms with Gasteiger partial charge in [-0.15, -0.1) is 0 Å². The lowest BCUT2D eigenvalue weighted by atomic mass is 9.87. The Morgan fingerprint density at radius 3 is 2.58 bits per heavy atom. The molecule has 0 spiro atoms. The Morgan fingerprint density at radius 1 is 1.19 bits per heavy atom. The van der Waals surface area contributed by atoms with Crippen LogP contribution in [0.1, 0.15) is 49.9 Å². The van der Waals surface area contributed by atoms with Crippen molar-refractivity contribution in [2.75, 3.05) is 11.9 Å². The zero-order valence-electron chi connectivity index (χ0n) is 17.6. The molecule has 1 amide bonds. The Bertz CT molecular complexity index is 1070. The van der Waals surface area contributed by atoms with Crippen LogP contribution in [0, 0.1) is 5.92 Å². The SMILES string of the molecule is CCOc1cc2[nH]c(Nc3c(Cl)cccc3Cl)nc2cc1C(=O)N[C@H]1CC[C@H](C)CC1. The number of carbonyl (C=O) groups is 1. The number of nitrogens with one attached hydrogen (secondary N) is 3. The lowest BCUT2D eigenvalue weighted by Crippen LogP contribution is -2.37. The van der Waals surface area contributed by atoms with Gasteiger partial charge >= 0.3 is 0 Å². The first kappa shape index (κ1) is 21.8. The van der Waals surface area contributed by atoms with Crippen molar-refractivity contribution in [1.82, 2.24) is 15.3 Å². The van der Waals surface area contributed by atoms with E-state index in [0.29, 0.717) is 45.1 Å². The monoisotopic (exact) mass is 460 g/mol. The van der Waals surface area contributed by atoms with Crippen LogP contribution in [0.5, 0.6) is 5.75 Å². The lowest BCUT2D eigenvalue weighted by Gasteiger charge is -2.27. The summed E-state index contributed by atoms with van der Waals surface area (Å²) in [5.41, 5.74) is 2.45. The molecule has 3 aromatic rings. The fourth-order valence-electron chi connectivity index (χ4n) is 3.95. The van der Waals surface area contributed by atoms with Crippen LogP contribution in [0.3, 0.4) is 0 Å². The highest BCUT2D eigenvalue weighted by molar-refractivity contribution is 6.39. The molecule has 164 valence electrons. The van der Waals surface area contributed by atoms with Gasteiger partial charge in [-0.25, -0.2) is 4.98 Å². The van der Waals surface area contributed by atoms with E-state index in [1.165, 1.54) is 0 Å². The topological polar surface area (TPSA) is 79.0 Å². The second kappa shape index (κ2) is 9.37. The van der Waals surface area contributed by atoms with Gasteiger partial charge in [0, 0.05) is 12.1 Å². The van der Waals surface area contributed by atoms with Crippen molar-refractivity contribution < 1.29 is 9.53 Å². The maximum Gasteiger partial charge on any atom is 0.255 e. The van der Waals surface area contributed by atoms with Crippen molar-refractivity contribution in [2.24, 2.45) is 5.92 Å². The number of hydrogen-bond acceptors (Lipinski definition) is 4. The molecular formula is C23H26Cl2N4O2. The summed E-state index contributed by atoms with van der Waals surface area (Å²) in [4.78, 5) is 20.8. The Balaban J connectivity index is 1.61. The summed E-state index contributed by atoms with van der Waals surface area (Å²) < 4.78 is 5.77. The van der Waals surface area contributed by atoms with Gasteiger partial charge in [0.1, 0.15) is 5.75 Å². The molecule has 0 atom stereocenters. The zero-order valence-corrected chi connectivity index (χ0v) is 19.1.